The zero-order valence-electron chi connectivity index (χ0n) is 10.7. The van der Waals surface area contributed by atoms with Gasteiger partial charge in [0.25, 0.3) is 0 Å². The number of rotatable bonds is 4. The highest BCUT2D eigenvalue weighted by molar-refractivity contribution is 8.00. The van der Waals surface area contributed by atoms with E-state index in [0.29, 0.717) is 24.8 Å². The number of aromatic amines is 1. The summed E-state index contributed by atoms with van der Waals surface area (Å²) >= 11 is 1.16. The van der Waals surface area contributed by atoms with Crippen LogP contribution in [0, 0.1) is 0 Å². The van der Waals surface area contributed by atoms with Crippen LogP contribution >= 0.6 is 11.8 Å². The van der Waals surface area contributed by atoms with E-state index in [9.17, 15) is 14.4 Å². The Morgan fingerprint density at radius 3 is 2.84 bits per heavy atom. The average Bonchev–Trinajstić information content (AvgIpc) is 2.95. The smallest absolute Gasteiger partial charge is 0.336 e. The summed E-state index contributed by atoms with van der Waals surface area (Å²) in [7, 11) is 0. The second kappa shape index (κ2) is 5.47. The van der Waals surface area contributed by atoms with Crippen molar-refractivity contribution in [3.63, 3.8) is 0 Å². The minimum absolute atomic E-state index is 0.280. The lowest BCUT2D eigenvalue weighted by atomic mass is 10.4. The summed E-state index contributed by atoms with van der Waals surface area (Å²) in [4.78, 5) is 36.1. The third-order valence-electron chi connectivity index (χ3n) is 2.79. The van der Waals surface area contributed by atoms with E-state index in [2.05, 4.69) is 15.5 Å². The molecule has 0 aliphatic carbocycles. The number of hydrogen-bond donors (Lipinski definition) is 2. The van der Waals surface area contributed by atoms with Crippen LogP contribution in [-0.2, 0) is 11.3 Å². The van der Waals surface area contributed by atoms with Crippen molar-refractivity contribution in [3.05, 3.63) is 10.5 Å². The Bertz CT molecular complexity index is 552. The minimum atomic E-state index is -0.482. The topological polar surface area (TPSA) is 100 Å². The number of nitrogens with zero attached hydrogens (tertiary/aromatic N) is 3. The van der Waals surface area contributed by atoms with Gasteiger partial charge in [0.05, 0.1) is 5.25 Å². The zero-order valence-corrected chi connectivity index (χ0v) is 11.5. The molecule has 104 valence electrons. The molecule has 0 bridgehead atoms. The van der Waals surface area contributed by atoms with Gasteiger partial charge in [-0.3, -0.25) is 14.3 Å². The molecule has 0 radical (unpaired) electrons. The third kappa shape index (κ3) is 2.65. The lowest BCUT2D eigenvalue weighted by Gasteiger charge is -2.16. The first-order valence-electron chi connectivity index (χ1n) is 5.95. The molecule has 1 aliphatic rings. The normalized spacial score (nSPS) is 16.5. The molecule has 1 unspecified atom stereocenters. The molecule has 8 nitrogen and oxygen atoms in total. The Morgan fingerprint density at radius 1 is 1.53 bits per heavy atom. The molecular weight excluding hydrogens is 270 g/mol. The van der Waals surface area contributed by atoms with E-state index < -0.39 is 5.25 Å². The highest BCUT2D eigenvalue weighted by Gasteiger charge is 2.30. The molecule has 2 rings (SSSR count). The summed E-state index contributed by atoms with van der Waals surface area (Å²) in [6.45, 7) is 4.84. The molecule has 0 aromatic carbocycles. The summed E-state index contributed by atoms with van der Waals surface area (Å²) in [6.07, 6.45) is 0. The van der Waals surface area contributed by atoms with E-state index in [0.717, 1.165) is 11.8 Å². The number of carbonyl (C=O) groups is 2. The largest absolute Gasteiger partial charge is 0.343 e. The van der Waals surface area contributed by atoms with Crippen LogP contribution in [0.2, 0.25) is 0 Å². The quantitative estimate of drug-likeness (QED) is 0.735. The summed E-state index contributed by atoms with van der Waals surface area (Å²) in [5.41, 5.74) is -0.302. The highest BCUT2D eigenvalue weighted by Crippen LogP contribution is 2.21. The second-order valence-corrected chi connectivity index (χ2v) is 5.35. The number of imide groups is 1. The number of nitrogens with one attached hydrogen (secondary N) is 2. The number of thioether (sulfide) groups is 1. The van der Waals surface area contributed by atoms with Crippen molar-refractivity contribution >= 4 is 23.7 Å². The number of carbonyl (C=O) groups excluding carboxylic acids is 2. The van der Waals surface area contributed by atoms with Gasteiger partial charge >= 0.3 is 11.7 Å². The molecule has 2 heterocycles. The molecule has 1 fully saturated rings. The monoisotopic (exact) mass is 285 g/mol. The third-order valence-corrected chi connectivity index (χ3v) is 3.87. The van der Waals surface area contributed by atoms with Crippen LogP contribution in [0.1, 0.15) is 13.8 Å². The molecule has 1 aromatic rings. The Morgan fingerprint density at radius 2 is 2.26 bits per heavy atom. The van der Waals surface area contributed by atoms with Gasteiger partial charge in [0, 0.05) is 19.6 Å². The summed E-state index contributed by atoms with van der Waals surface area (Å²) in [6, 6.07) is -0.368. The van der Waals surface area contributed by atoms with Crippen molar-refractivity contribution in [2.24, 2.45) is 0 Å². The number of hydrogen-bond acceptors (Lipinski definition) is 5. The van der Waals surface area contributed by atoms with Gasteiger partial charge in [-0.15, -0.1) is 5.10 Å². The first-order chi connectivity index (χ1) is 9.04. The molecule has 2 N–H and O–H groups in total. The van der Waals surface area contributed by atoms with Crippen LogP contribution in [0.15, 0.2) is 9.95 Å². The Balaban J connectivity index is 2.08. The predicted octanol–water partition coefficient (Wildman–Crippen LogP) is -0.376. The summed E-state index contributed by atoms with van der Waals surface area (Å²) in [5, 5.41) is 8.76. The second-order valence-electron chi connectivity index (χ2n) is 4.04. The maximum atomic E-state index is 12.1. The van der Waals surface area contributed by atoms with Gasteiger partial charge < -0.3 is 5.32 Å². The van der Waals surface area contributed by atoms with Gasteiger partial charge in [-0.05, 0) is 13.8 Å². The van der Waals surface area contributed by atoms with Crippen molar-refractivity contribution in [1.29, 1.82) is 0 Å². The standard InChI is InChI=1S/C10H15N5O3S/c1-3-14-9(18)12-13-10(14)19-6(2)7(16)15-5-4-11-8(15)17/h6H,3-5H2,1-2H3,(H,11,17)(H,12,18). The summed E-state index contributed by atoms with van der Waals surface area (Å²) < 4.78 is 1.44. The molecule has 3 amide bonds. The average molecular weight is 285 g/mol. The Labute approximate surface area is 113 Å². The van der Waals surface area contributed by atoms with Gasteiger partial charge in [-0.2, -0.15) is 0 Å². The molecule has 0 spiro atoms. The fourth-order valence-electron chi connectivity index (χ4n) is 1.78. The van der Waals surface area contributed by atoms with Crippen molar-refractivity contribution in [3.8, 4) is 0 Å². The van der Waals surface area contributed by atoms with E-state index in [-0.39, 0.29) is 17.6 Å². The van der Waals surface area contributed by atoms with Crippen LogP contribution in [0.3, 0.4) is 0 Å². The molecule has 1 atom stereocenters. The first-order valence-corrected chi connectivity index (χ1v) is 6.83. The highest BCUT2D eigenvalue weighted by atomic mass is 32.2. The molecule has 19 heavy (non-hydrogen) atoms. The van der Waals surface area contributed by atoms with Crippen LogP contribution in [-0.4, -0.2) is 49.9 Å². The fourth-order valence-corrected chi connectivity index (χ4v) is 2.76. The summed E-state index contributed by atoms with van der Waals surface area (Å²) in [5.74, 6) is -0.280. The number of urea groups is 1. The lowest BCUT2D eigenvalue weighted by Crippen LogP contribution is -2.39. The molecule has 1 saturated heterocycles. The maximum absolute atomic E-state index is 12.1. The van der Waals surface area contributed by atoms with E-state index in [1.54, 1.807) is 6.92 Å². The van der Waals surface area contributed by atoms with Crippen molar-refractivity contribution in [2.45, 2.75) is 30.8 Å². The lowest BCUT2D eigenvalue weighted by molar-refractivity contribution is -0.126. The van der Waals surface area contributed by atoms with Gasteiger partial charge in [-0.25, -0.2) is 14.7 Å². The number of H-pyrrole nitrogens is 1. The molecule has 1 aromatic heterocycles. The fraction of sp³-hybridized carbons (Fsp3) is 0.600. The van der Waals surface area contributed by atoms with E-state index in [1.807, 2.05) is 6.92 Å². The van der Waals surface area contributed by atoms with E-state index in [4.69, 9.17) is 0 Å². The van der Waals surface area contributed by atoms with Crippen LogP contribution < -0.4 is 11.0 Å². The van der Waals surface area contributed by atoms with E-state index in [1.165, 1.54) is 9.47 Å². The van der Waals surface area contributed by atoms with Crippen LogP contribution in [0.5, 0.6) is 0 Å². The number of aromatic nitrogens is 3. The van der Waals surface area contributed by atoms with Crippen LogP contribution in [0.25, 0.3) is 0 Å². The molecular formula is C10H15N5O3S. The first kappa shape index (κ1) is 13.7. The van der Waals surface area contributed by atoms with Gasteiger partial charge in [0.15, 0.2) is 5.16 Å². The molecule has 0 saturated carbocycles. The molecule has 1 aliphatic heterocycles. The minimum Gasteiger partial charge on any atom is -0.336 e. The van der Waals surface area contributed by atoms with Gasteiger partial charge in [0.2, 0.25) is 5.91 Å². The zero-order chi connectivity index (χ0) is 14.0. The predicted molar refractivity (Wildman–Crippen MR) is 69.0 cm³/mol. The van der Waals surface area contributed by atoms with Gasteiger partial charge in [0.1, 0.15) is 0 Å². The maximum Gasteiger partial charge on any atom is 0.343 e. The van der Waals surface area contributed by atoms with E-state index >= 15 is 0 Å². The SMILES string of the molecule is CCn1c(SC(C)C(=O)N2CCNC2=O)n[nH]c1=O. The number of amides is 3. The van der Waals surface area contributed by atoms with Crippen molar-refractivity contribution in [1.82, 2.24) is 25.0 Å². The van der Waals surface area contributed by atoms with Crippen molar-refractivity contribution < 1.29 is 9.59 Å². The molecule has 9 heteroatoms. The Kier molecular flexibility index (Phi) is 3.93. The Hall–Kier alpha value is -1.77. The van der Waals surface area contributed by atoms with Gasteiger partial charge in [-0.1, -0.05) is 11.8 Å². The van der Waals surface area contributed by atoms with Crippen molar-refractivity contribution in [2.75, 3.05) is 13.1 Å². The van der Waals surface area contributed by atoms with Crippen LogP contribution in [0.4, 0.5) is 4.79 Å².